The van der Waals surface area contributed by atoms with Gasteiger partial charge in [0.25, 0.3) is 0 Å². The van der Waals surface area contributed by atoms with E-state index in [0.29, 0.717) is 34.4 Å². The van der Waals surface area contributed by atoms with Gasteiger partial charge in [-0.3, -0.25) is 4.90 Å². The lowest BCUT2D eigenvalue weighted by Crippen LogP contribution is -2.49. The van der Waals surface area contributed by atoms with Crippen LogP contribution in [0.4, 0.5) is 21.6 Å². The molecule has 0 spiro atoms. The van der Waals surface area contributed by atoms with Crippen molar-refractivity contribution >= 4 is 39.7 Å². The number of nitrogens with two attached hydrogens (primary N) is 1. The van der Waals surface area contributed by atoms with E-state index in [1.165, 1.54) is 12.4 Å². The van der Waals surface area contributed by atoms with Crippen LogP contribution in [0.15, 0.2) is 36.7 Å². The molecule has 2 atom stereocenters. The second-order valence-corrected chi connectivity index (χ2v) is 9.24. The summed E-state index contributed by atoms with van der Waals surface area (Å²) in [6.07, 6.45) is 2.59. The molecule has 32 heavy (non-hydrogen) atoms. The Hall–Kier alpha value is -2.92. The number of nitrogens with one attached hydrogen (secondary N) is 1. The van der Waals surface area contributed by atoms with Crippen LogP contribution in [0.1, 0.15) is 12.0 Å². The second kappa shape index (κ2) is 7.31. The monoisotopic (exact) mass is 449 g/mol. The van der Waals surface area contributed by atoms with E-state index in [-0.39, 0.29) is 16.1 Å². The predicted molar refractivity (Wildman–Crippen MR) is 122 cm³/mol. The van der Waals surface area contributed by atoms with Gasteiger partial charge >= 0.3 is 0 Å². The normalized spacial score (nSPS) is 24.5. The standard InChI is InChI=1S/C24H21ClFN5O/c25-18-2-1-3-20(22(18)26)30-23-17-7-19(27)14(6-21(17)28-13-29-23)4-5-24-8-15(24)9-31(12-24)16-10-32-11-16/h1-3,6-7,13,15-16H,8-12,27H2,(H,28,29,30)/t15-,24+/m1/s1. The number of hydrogen-bond acceptors (Lipinski definition) is 6. The molecule has 2 aliphatic heterocycles. The van der Waals surface area contributed by atoms with E-state index < -0.39 is 5.82 Å². The molecule has 2 saturated heterocycles. The van der Waals surface area contributed by atoms with Crippen LogP contribution < -0.4 is 11.1 Å². The second-order valence-electron chi connectivity index (χ2n) is 8.83. The number of hydrogen-bond donors (Lipinski definition) is 2. The number of likely N-dealkylation sites (tertiary alicyclic amines) is 1. The summed E-state index contributed by atoms with van der Waals surface area (Å²) in [5.74, 6) is 7.40. The van der Waals surface area contributed by atoms with Crippen LogP contribution in [0, 0.1) is 29.0 Å². The van der Waals surface area contributed by atoms with Crippen molar-refractivity contribution in [2.45, 2.75) is 12.5 Å². The van der Waals surface area contributed by atoms with Gasteiger partial charge in [0, 0.05) is 35.1 Å². The first-order valence-electron chi connectivity index (χ1n) is 10.6. The van der Waals surface area contributed by atoms with E-state index in [9.17, 15) is 4.39 Å². The minimum atomic E-state index is -0.534. The highest BCUT2D eigenvalue weighted by Crippen LogP contribution is 2.58. The number of ether oxygens (including phenoxy) is 1. The Kier molecular flexibility index (Phi) is 4.51. The Bertz CT molecular complexity index is 1300. The summed E-state index contributed by atoms with van der Waals surface area (Å²) in [7, 11) is 0. The SMILES string of the molecule is Nc1cc2c(Nc3cccc(Cl)c3F)ncnc2cc1C#C[C@@]12C[C@@H]1CN(C1COC1)C2. The molecule has 1 saturated carbocycles. The molecule has 0 radical (unpaired) electrons. The van der Waals surface area contributed by atoms with Crippen molar-refractivity contribution in [1.29, 1.82) is 0 Å². The van der Waals surface area contributed by atoms with Crippen LogP contribution in [-0.2, 0) is 4.74 Å². The Balaban J connectivity index is 1.29. The van der Waals surface area contributed by atoms with Crippen molar-refractivity contribution in [3.63, 3.8) is 0 Å². The fourth-order valence-corrected chi connectivity index (χ4v) is 4.85. The van der Waals surface area contributed by atoms with Crippen LogP contribution in [0.3, 0.4) is 0 Å². The Labute approximate surface area is 189 Å². The first-order chi connectivity index (χ1) is 15.5. The number of anilines is 3. The summed E-state index contributed by atoms with van der Waals surface area (Å²) in [4.78, 5) is 11.1. The number of fused-ring (bicyclic) bond motifs is 2. The zero-order valence-corrected chi connectivity index (χ0v) is 18.0. The molecular weight excluding hydrogens is 429 g/mol. The average molecular weight is 450 g/mol. The van der Waals surface area contributed by atoms with E-state index in [2.05, 4.69) is 32.0 Å². The molecule has 0 bridgehead atoms. The van der Waals surface area contributed by atoms with Gasteiger partial charge in [0.15, 0.2) is 5.82 Å². The highest BCUT2D eigenvalue weighted by molar-refractivity contribution is 6.31. The van der Waals surface area contributed by atoms with E-state index in [1.54, 1.807) is 18.2 Å². The Morgan fingerprint density at radius 3 is 2.97 bits per heavy atom. The number of piperidine rings is 1. The van der Waals surface area contributed by atoms with Gasteiger partial charge in [0.05, 0.1) is 35.5 Å². The molecule has 3 N–H and O–H groups in total. The van der Waals surface area contributed by atoms with Gasteiger partial charge in [-0.15, -0.1) is 0 Å². The summed E-state index contributed by atoms with van der Waals surface area (Å²) in [6.45, 7) is 3.79. The molecule has 3 fully saturated rings. The largest absolute Gasteiger partial charge is 0.398 e. The third-order valence-corrected chi connectivity index (χ3v) is 7.06. The number of aromatic nitrogens is 2. The fraction of sp³-hybridized carbons (Fsp3) is 0.333. The maximum atomic E-state index is 14.3. The van der Waals surface area contributed by atoms with Crippen molar-refractivity contribution in [3.05, 3.63) is 53.1 Å². The predicted octanol–water partition coefficient (Wildman–Crippen LogP) is 3.82. The first-order valence-corrected chi connectivity index (χ1v) is 11.0. The molecule has 1 aliphatic carbocycles. The van der Waals surface area contributed by atoms with Crippen LogP contribution in [-0.4, -0.2) is 47.2 Å². The van der Waals surface area contributed by atoms with E-state index >= 15 is 0 Å². The number of nitrogens with zero attached hydrogens (tertiary/aromatic N) is 3. The van der Waals surface area contributed by atoms with Gasteiger partial charge in [-0.05, 0) is 36.6 Å². The van der Waals surface area contributed by atoms with Crippen molar-refractivity contribution in [2.24, 2.45) is 11.3 Å². The minimum absolute atomic E-state index is 0.0403. The molecule has 1 aromatic heterocycles. The van der Waals surface area contributed by atoms with E-state index in [4.69, 9.17) is 22.1 Å². The van der Waals surface area contributed by atoms with Crippen molar-refractivity contribution in [2.75, 3.05) is 37.4 Å². The molecule has 0 unspecified atom stereocenters. The van der Waals surface area contributed by atoms with Crippen molar-refractivity contribution < 1.29 is 9.13 Å². The molecule has 2 aromatic carbocycles. The summed E-state index contributed by atoms with van der Waals surface area (Å²) in [6, 6.07) is 8.99. The topological polar surface area (TPSA) is 76.3 Å². The zero-order chi connectivity index (χ0) is 21.9. The molecular formula is C24H21ClFN5O. The van der Waals surface area contributed by atoms with Gasteiger partial charge in [-0.2, -0.15) is 0 Å². The summed E-state index contributed by atoms with van der Waals surface area (Å²) < 4.78 is 19.7. The molecule has 3 aliphatic rings. The highest BCUT2D eigenvalue weighted by atomic mass is 35.5. The molecule has 162 valence electrons. The summed E-state index contributed by atoms with van der Waals surface area (Å²) >= 11 is 5.89. The minimum Gasteiger partial charge on any atom is -0.398 e. The number of rotatable bonds is 3. The lowest BCUT2D eigenvalue weighted by molar-refractivity contribution is -0.0614. The van der Waals surface area contributed by atoms with Crippen molar-refractivity contribution in [3.8, 4) is 11.8 Å². The van der Waals surface area contributed by atoms with Crippen LogP contribution in [0.5, 0.6) is 0 Å². The van der Waals surface area contributed by atoms with Gasteiger partial charge < -0.3 is 15.8 Å². The maximum absolute atomic E-state index is 14.3. The molecule has 3 aromatic rings. The number of benzene rings is 2. The highest BCUT2D eigenvalue weighted by Gasteiger charge is 2.60. The smallest absolute Gasteiger partial charge is 0.165 e. The quantitative estimate of drug-likeness (QED) is 0.467. The van der Waals surface area contributed by atoms with Crippen LogP contribution in [0.25, 0.3) is 10.9 Å². The van der Waals surface area contributed by atoms with Crippen LogP contribution >= 0.6 is 11.6 Å². The molecule has 6 rings (SSSR count). The lowest BCUT2D eigenvalue weighted by atomic mass is 10.0. The fourth-order valence-electron chi connectivity index (χ4n) is 4.68. The first kappa shape index (κ1) is 19.7. The van der Waals surface area contributed by atoms with Gasteiger partial charge in [-0.1, -0.05) is 29.5 Å². The average Bonchev–Trinajstić information content (AvgIpc) is 3.29. The van der Waals surface area contributed by atoms with Gasteiger partial charge in [0.2, 0.25) is 0 Å². The maximum Gasteiger partial charge on any atom is 0.165 e. The number of nitrogen functional groups attached to an aromatic ring is 1. The lowest BCUT2D eigenvalue weighted by Gasteiger charge is -2.35. The Morgan fingerprint density at radius 2 is 2.16 bits per heavy atom. The zero-order valence-electron chi connectivity index (χ0n) is 17.2. The molecule has 8 heteroatoms. The van der Waals surface area contributed by atoms with E-state index in [1.807, 2.05) is 6.07 Å². The molecule has 6 nitrogen and oxygen atoms in total. The van der Waals surface area contributed by atoms with Gasteiger partial charge in [0.1, 0.15) is 12.1 Å². The Morgan fingerprint density at radius 1 is 1.28 bits per heavy atom. The summed E-state index contributed by atoms with van der Waals surface area (Å²) in [5, 5.41) is 3.73. The van der Waals surface area contributed by atoms with Crippen LogP contribution in [0.2, 0.25) is 5.02 Å². The van der Waals surface area contributed by atoms with E-state index in [0.717, 1.165) is 38.3 Å². The third kappa shape index (κ3) is 3.27. The molecule has 0 amide bonds. The summed E-state index contributed by atoms with van der Waals surface area (Å²) in [5.41, 5.74) is 8.65. The molecule has 3 heterocycles. The van der Waals surface area contributed by atoms with Crippen molar-refractivity contribution in [1.82, 2.24) is 14.9 Å². The number of halogens is 2. The third-order valence-electron chi connectivity index (χ3n) is 6.77. The van der Waals surface area contributed by atoms with Gasteiger partial charge in [-0.25, -0.2) is 14.4 Å².